The number of hydrogen-bond acceptors (Lipinski definition) is 5. The van der Waals surface area contributed by atoms with Crippen molar-refractivity contribution >= 4 is 17.9 Å². The van der Waals surface area contributed by atoms with Crippen LogP contribution in [0, 0.1) is 10.1 Å². The molecular weight excluding hydrogens is 242 g/mol. The molecule has 1 heterocycles. The van der Waals surface area contributed by atoms with Crippen molar-refractivity contribution in [3.8, 4) is 11.5 Å². The molecule has 9 nitrogen and oxygen atoms in total. The van der Waals surface area contributed by atoms with Gasteiger partial charge in [0.15, 0.2) is 11.5 Å². The van der Waals surface area contributed by atoms with E-state index in [2.05, 4.69) is 10.2 Å². The van der Waals surface area contributed by atoms with Crippen molar-refractivity contribution in [3.63, 3.8) is 0 Å². The second-order valence-electron chi connectivity index (χ2n) is 3.33. The van der Waals surface area contributed by atoms with Gasteiger partial charge in [0.05, 0.1) is 11.0 Å². The van der Waals surface area contributed by atoms with E-state index in [-0.39, 0.29) is 24.0 Å². The molecule has 0 saturated carbocycles. The molecule has 1 aliphatic heterocycles. The lowest BCUT2D eigenvalue weighted by molar-refractivity contribution is -0.457. The summed E-state index contributed by atoms with van der Waals surface area (Å²) in [5, 5.41) is 16.8. The molecule has 94 valence electrons. The molecule has 0 bridgehead atoms. The predicted octanol–water partition coefficient (Wildman–Crippen LogP) is -1.99. The van der Waals surface area contributed by atoms with Gasteiger partial charge in [0.2, 0.25) is 13.0 Å². The molecule has 0 saturated heterocycles. The molecule has 0 fully saturated rings. The van der Waals surface area contributed by atoms with Crippen molar-refractivity contribution in [2.24, 2.45) is 16.6 Å². The zero-order chi connectivity index (χ0) is 13.1. The summed E-state index contributed by atoms with van der Waals surface area (Å²) in [4.78, 5) is 10.4. The minimum absolute atomic E-state index is 0.0390. The van der Waals surface area contributed by atoms with E-state index < -0.39 is 4.92 Å². The molecule has 1 aliphatic rings. The molecule has 0 amide bonds. The number of nitro groups is 1. The largest absolute Gasteiger partial charge is 0.454 e. The second-order valence-corrected chi connectivity index (χ2v) is 3.33. The van der Waals surface area contributed by atoms with Crippen molar-refractivity contribution in [2.45, 2.75) is 0 Å². The first-order valence-electron chi connectivity index (χ1n) is 4.83. The summed E-state index contributed by atoms with van der Waals surface area (Å²) in [5.74, 6) is 0.577. The Morgan fingerprint density at radius 3 is 2.72 bits per heavy atom. The lowest BCUT2D eigenvalue weighted by Gasteiger charge is -1.98. The molecule has 0 spiro atoms. The number of nitrogens with zero attached hydrogens (tertiary/aromatic N) is 2. The van der Waals surface area contributed by atoms with Crippen LogP contribution in [0.1, 0.15) is 5.56 Å². The van der Waals surface area contributed by atoms with Crippen LogP contribution in [0.3, 0.4) is 0 Å². The monoisotopic (exact) mass is 252 g/mol. The van der Waals surface area contributed by atoms with Gasteiger partial charge in [-0.1, -0.05) is 0 Å². The highest BCUT2D eigenvalue weighted by atomic mass is 16.7. The van der Waals surface area contributed by atoms with Gasteiger partial charge in [-0.25, -0.2) is 0 Å². The maximum atomic E-state index is 10.9. The van der Waals surface area contributed by atoms with Crippen molar-refractivity contribution in [1.29, 1.82) is 0 Å². The zero-order valence-electron chi connectivity index (χ0n) is 9.12. The predicted molar refractivity (Wildman–Crippen MR) is 61.2 cm³/mol. The van der Waals surface area contributed by atoms with E-state index in [1.807, 2.05) is 0 Å². The highest BCUT2D eigenvalue weighted by Crippen LogP contribution is 2.36. The topological polar surface area (TPSA) is 140 Å². The Balaban J connectivity index is 2.42. The first kappa shape index (κ1) is 11.6. The van der Waals surface area contributed by atoms with Gasteiger partial charge in [0.25, 0.3) is 11.6 Å². The molecule has 9 heteroatoms. The van der Waals surface area contributed by atoms with Gasteiger partial charge in [-0.2, -0.15) is 0 Å². The number of hydrogen-bond donors (Lipinski definition) is 3. The molecule has 2 rings (SSSR count). The minimum atomic E-state index is -0.537. The van der Waals surface area contributed by atoms with Gasteiger partial charge in [-0.3, -0.25) is 10.1 Å². The molecule has 5 N–H and O–H groups in total. The van der Waals surface area contributed by atoms with Gasteiger partial charge in [0, 0.05) is 11.2 Å². The molecule has 0 unspecified atom stereocenters. The van der Waals surface area contributed by atoms with Crippen molar-refractivity contribution in [1.82, 2.24) is 0 Å². The number of hydrazone groups is 1. The standard InChI is InChI=1S/C9H9N5O4/c10-9(11)13-12-3-5-1-7-8(18-4-17-7)2-6(5)14(15)16/h1-3H,4H2,(H4,10,11,13)/p+1/b12-3+. The molecule has 0 radical (unpaired) electrons. The van der Waals surface area contributed by atoms with Crippen LogP contribution in [0.4, 0.5) is 5.69 Å². The maximum absolute atomic E-state index is 10.9. The van der Waals surface area contributed by atoms with Crippen LogP contribution >= 0.6 is 0 Å². The van der Waals surface area contributed by atoms with E-state index in [0.717, 1.165) is 0 Å². The van der Waals surface area contributed by atoms with Crippen LogP contribution in [0.15, 0.2) is 17.2 Å². The van der Waals surface area contributed by atoms with Gasteiger partial charge in [-0.05, 0) is 0 Å². The van der Waals surface area contributed by atoms with Crippen LogP contribution < -0.4 is 26.0 Å². The highest BCUT2D eigenvalue weighted by Gasteiger charge is 2.23. The summed E-state index contributed by atoms with van der Waals surface area (Å²) in [6.45, 7) is 0.0390. The third-order valence-corrected chi connectivity index (χ3v) is 2.13. The lowest BCUT2D eigenvalue weighted by atomic mass is 10.1. The van der Waals surface area contributed by atoms with Crippen LogP contribution in [-0.2, 0) is 0 Å². The summed E-state index contributed by atoms with van der Waals surface area (Å²) in [7, 11) is 0. The second kappa shape index (κ2) is 4.57. The van der Waals surface area contributed by atoms with Crippen molar-refractivity contribution in [3.05, 3.63) is 27.8 Å². The molecule has 0 aliphatic carbocycles. The Morgan fingerprint density at radius 1 is 1.44 bits per heavy atom. The van der Waals surface area contributed by atoms with Gasteiger partial charge < -0.3 is 20.9 Å². The lowest BCUT2D eigenvalue weighted by Crippen LogP contribution is -2.63. The summed E-state index contributed by atoms with van der Waals surface area (Å²) in [6.07, 6.45) is 1.29. The van der Waals surface area contributed by atoms with Crippen molar-refractivity contribution < 1.29 is 19.5 Å². The number of benzene rings is 1. The van der Waals surface area contributed by atoms with Crippen LogP contribution in [0.25, 0.3) is 0 Å². The zero-order valence-corrected chi connectivity index (χ0v) is 9.12. The normalized spacial score (nSPS) is 12.7. The summed E-state index contributed by atoms with van der Waals surface area (Å²) < 4.78 is 10.2. The quantitative estimate of drug-likeness (QED) is 0.246. The molecule has 1 aromatic rings. The average molecular weight is 252 g/mol. The van der Waals surface area contributed by atoms with Gasteiger partial charge in [-0.15, -0.1) is 5.10 Å². The van der Waals surface area contributed by atoms with Crippen LogP contribution in [0.2, 0.25) is 0 Å². The van der Waals surface area contributed by atoms with E-state index >= 15 is 0 Å². The summed E-state index contributed by atoms with van der Waals surface area (Å²) in [5.41, 5.74) is 10.4. The van der Waals surface area contributed by atoms with Crippen LogP contribution in [-0.4, -0.2) is 23.9 Å². The van der Waals surface area contributed by atoms with Crippen molar-refractivity contribution in [2.75, 3.05) is 6.79 Å². The number of nitrogens with two attached hydrogens (primary N) is 2. The smallest absolute Gasteiger partial charge is 0.286 e. The Bertz CT molecular complexity index is 550. The third-order valence-electron chi connectivity index (χ3n) is 2.13. The Labute approximate surface area is 101 Å². The average Bonchev–Trinajstić information content (AvgIpc) is 2.74. The SMILES string of the molecule is NC(N)=N/[NH+]=C/c1cc2c(cc1[N+](=O)[O-])OCO2. The van der Waals surface area contributed by atoms with E-state index in [0.29, 0.717) is 11.5 Å². The fourth-order valence-corrected chi connectivity index (χ4v) is 1.40. The number of guanidine groups is 1. The third kappa shape index (κ3) is 2.29. The van der Waals surface area contributed by atoms with E-state index in [1.54, 1.807) is 0 Å². The summed E-state index contributed by atoms with van der Waals surface area (Å²) in [6, 6.07) is 2.75. The number of rotatable bonds is 3. The molecular formula is C9H10N5O4+. The Kier molecular flexibility index (Phi) is 2.96. The Morgan fingerprint density at radius 2 is 2.11 bits per heavy atom. The number of ether oxygens (including phenoxy) is 2. The molecule has 0 aromatic heterocycles. The molecule has 18 heavy (non-hydrogen) atoms. The Hall–Kier alpha value is -2.84. The van der Waals surface area contributed by atoms with E-state index in [1.165, 1.54) is 18.3 Å². The number of nitrogens with one attached hydrogen (secondary N) is 1. The van der Waals surface area contributed by atoms with Gasteiger partial charge in [0.1, 0.15) is 5.56 Å². The minimum Gasteiger partial charge on any atom is -0.454 e. The van der Waals surface area contributed by atoms with Crippen LogP contribution in [0.5, 0.6) is 11.5 Å². The first-order chi connectivity index (χ1) is 8.58. The molecule has 1 aromatic carbocycles. The number of fused-ring (bicyclic) bond motifs is 1. The maximum Gasteiger partial charge on any atom is 0.286 e. The first-order valence-corrected chi connectivity index (χ1v) is 4.83. The van der Waals surface area contributed by atoms with E-state index in [4.69, 9.17) is 20.9 Å². The van der Waals surface area contributed by atoms with E-state index in [9.17, 15) is 10.1 Å². The fourth-order valence-electron chi connectivity index (χ4n) is 1.40. The fraction of sp³-hybridized carbons (Fsp3) is 0.111. The van der Waals surface area contributed by atoms with Gasteiger partial charge >= 0.3 is 0 Å². The molecule has 0 atom stereocenters. The highest BCUT2D eigenvalue weighted by molar-refractivity contribution is 5.84. The summed E-state index contributed by atoms with van der Waals surface area (Å²) >= 11 is 0. The number of nitro benzene ring substituents is 1.